The molecule has 0 N–H and O–H groups in total. The molecule has 0 aromatic heterocycles. The van der Waals surface area contributed by atoms with Gasteiger partial charge in [-0.3, -0.25) is 4.79 Å². The zero-order valence-corrected chi connectivity index (χ0v) is 15.9. The lowest BCUT2D eigenvalue weighted by Crippen LogP contribution is -2.57. The molecule has 4 nitrogen and oxygen atoms in total. The SMILES string of the molecule is CO/N=C1/C(=O)N([Si](C)(C)C(C)(C)C)c2c(C)cc(C)cc21. The maximum atomic E-state index is 13.1. The molecular weight excluding hydrogens is 292 g/mol. The van der Waals surface area contributed by atoms with Crippen LogP contribution in [0.1, 0.15) is 37.5 Å². The summed E-state index contributed by atoms with van der Waals surface area (Å²) < 4.78 is 2.02. The van der Waals surface area contributed by atoms with Crippen molar-refractivity contribution in [1.82, 2.24) is 0 Å². The van der Waals surface area contributed by atoms with Gasteiger partial charge >= 0.3 is 0 Å². The number of rotatable bonds is 2. The second-order valence-electron chi connectivity index (χ2n) is 7.55. The first-order valence-corrected chi connectivity index (χ1v) is 10.5. The average Bonchev–Trinajstić information content (AvgIpc) is 2.63. The van der Waals surface area contributed by atoms with Crippen LogP contribution < -0.4 is 4.57 Å². The largest absolute Gasteiger partial charge is 0.398 e. The van der Waals surface area contributed by atoms with Crippen LogP contribution in [0.3, 0.4) is 0 Å². The van der Waals surface area contributed by atoms with Gasteiger partial charge in [-0.05, 0) is 30.5 Å². The highest BCUT2D eigenvalue weighted by Gasteiger charge is 2.50. The van der Waals surface area contributed by atoms with E-state index >= 15 is 0 Å². The van der Waals surface area contributed by atoms with Gasteiger partial charge in [0, 0.05) is 11.3 Å². The molecule has 120 valence electrons. The van der Waals surface area contributed by atoms with Gasteiger partial charge in [0.25, 0.3) is 5.91 Å². The van der Waals surface area contributed by atoms with Crippen LogP contribution in [0.2, 0.25) is 18.1 Å². The number of carbonyl (C=O) groups is 1. The summed E-state index contributed by atoms with van der Waals surface area (Å²) in [6, 6.07) is 4.16. The predicted octanol–water partition coefficient (Wildman–Crippen LogP) is 4.01. The van der Waals surface area contributed by atoms with Crippen molar-refractivity contribution in [2.45, 2.75) is 52.8 Å². The lowest BCUT2D eigenvalue weighted by atomic mass is 10.0. The van der Waals surface area contributed by atoms with Gasteiger partial charge in [0.1, 0.15) is 7.11 Å². The van der Waals surface area contributed by atoms with Gasteiger partial charge in [-0.15, -0.1) is 0 Å². The third-order valence-electron chi connectivity index (χ3n) is 4.91. The monoisotopic (exact) mass is 318 g/mol. The van der Waals surface area contributed by atoms with Crippen molar-refractivity contribution >= 4 is 25.5 Å². The molecule has 1 aromatic carbocycles. The van der Waals surface area contributed by atoms with Gasteiger partial charge in [0.2, 0.25) is 0 Å². The molecule has 22 heavy (non-hydrogen) atoms. The first-order chi connectivity index (χ1) is 10.0. The van der Waals surface area contributed by atoms with Gasteiger partial charge in [-0.1, -0.05) is 50.7 Å². The lowest BCUT2D eigenvalue weighted by molar-refractivity contribution is -0.111. The van der Waals surface area contributed by atoms with Gasteiger partial charge in [0.15, 0.2) is 13.9 Å². The molecular formula is C17H26N2O2Si. The van der Waals surface area contributed by atoms with Crippen molar-refractivity contribution < 1.29 is 9.63 Å². The van der Waals surface area contributed by atoms with Gasteiger partial charge in [0.05, 0.1) is 0 Å². The van der Waals surface area contributed by atoms with Gasteiger partial charge in [-0.25, -0.2) is 0 Å². The van der Waals surface area contributed by atoms with E-state index in [1.165, 1.54) is 7.11 Å². The Hall–Kier alpha value is -1.62. The molecule has 0 fully saturated rings. The number of nitrogens with zero attached hydrogens (tertiary/aromatic N) is 2. The van der Waals surface area contributed by atoms with Crippen LogP contribution in [-0.2, 0) is 9.63 Å². The van der Waals surface area contributed by atoms with E-state index in [9.17, 15) is 4.79 Å². The summed E-state index contributed by atoms with van der Waals surface area (Å²) in [6.07, 6.45) is 0. The molecule has 2 rings (SSSR count). The molecule has 0 saturated heterocycles. The Morgan fingerprint density at radius 2 is 1.77 bits per heavy atom. The highest BCUT2D eigenvalue weighted by molar-refractivity contribution is 6.90. The Bertz CT molecular complexity index is 657. The van der Waals surface area contributed by atoms with Crippen molar-refractivity contribution in [3.63, 3.8) is 0 Å². The number of aryl methyl sites for hydroxylation is 2. The van der Waals surface area contributed by atoms with Crippen LogP contribution >= 0.6 is 0 Å². The zero-order chi connectivity index (χ0) is 16.9. The molecule has 1 amide bonds. The highest BCUT2D eigenvalue weighted by atomic mass is 28.3. The zero-order valence-electron chi connectivity index (χ0n) is 14.9. The van der Waals surface area contributed by atoms with E-state index in [0.29, 0.717) is 5.71 Å². The third-order valence-corrected chi connectivity index (χ3v) is 10.1. The number of amides is 1. The van der Waals surface area contributed by atoms with E-state index in [4.69, 9.17) is 4.84 Å². The molecule has 1 aliphatic heterocycles. The summed E-state index contributed by atoms with van der Waals surface area (Å²) in [5.74, 6) is -0.0304. The number of fused-ring (bicyclic) bond motifs is 1. The van der Waals surface area contributed by atoms with Crippen molar-refractivity contribution in [1.29, 1.82) is 0 Å². The molecule has 0 atom stereocenters. The molecule has 0 unspecified atom stereocenters. The van der Waals surface area contributed by atoms with E-state index in [2.05, 4.69) is 52.0 Å². The second-order valence-corrected chi connectivity index (χ2v) is 12.6. The van der Waals surface area contributed by atoms with Crippen molar-refractivity contribution in [3.8, 4) is 0 Å². The summed E-state index contributed by atoms with van der Waals surface area (Å²) in [4.78, 5) is 18.0. The molecule has 5 heteroatoms. The Morgan fingerprint density at radius 1 is 1.18 bits per heavy atom. The van der Waals surface area contributed by atoms with Crippen molar-refractivity contribution in [3.05, 3.63) is 28.8 Å². The fourth-order valence-corrected chi connectivity index (χ4v) is 4.95. The molecule has 0 bridgehead atoms. The summed E-state index contributed by atoms with van der Waals surface area (Å²) in [5.41, 5.74) is 4.58. The highest BCUT2D eigenvalue weighted by Crippen LogP contribution is 2.45. The lowest BCUT2D eigenvalue weighted by Gasteiger charge is -2.44. The van der Waals surface area contributed by atoms with E-state index in [1.807, 2.05) is 17.6 Å². The number of hydrogen-bond acceptors (Lipinski definition) is 3. The number of carbonyl (C=O) groups excluding carboxylic acids is 1. The third kappa shape index (κ3) is 2.37. The van der Waals surface area contributed by atoms with Crippen molar-refractivity contribution in [2.24, 2.45) is 5.16 Å². The van der Waals surface area contributed by atoms with Gasteiger partial charge in [-0.2, -0.15) is 0 Å². The Labute approximate surface area is 134 Å². The fraction of sp³-hybridized carbons (Fsp3) is 0.529. The molecule has 0 radical (unpaired) electrons. The Kier molecular flexibility index (Phi) is 3.98. The molecule has 0 saturated carbocycles. The molecule has 0 aliphatic carbocycles. The summed E-state index contributed by atoms with van der Waals surface area (Å²) in [5, 5.41) is 4.08. The number of benzene rings is 1. The maximum absolute atomic E-state index is 13.1. The van der Waals surface area contributed by atoms with Crippen LogP contribution in [0.5, 0.6) is 0 Å². The Morgan fingerprint density at radius 3 is 2.27 bits per heavy atom. The van der Waals surface area contributed by atoms with Gasteiger partial charge < -0.3 is 9.40 Å². The molecule has 1 heterocycles. The summed E-state index contributed by atoms with van der Waals surface area (Å²) >= 11 is 0. The van der Waals surface area contributed by atoms with E-state index in [-0.39, 0.29) is 10.9 Å². The first-order valence-electron chi connectivity index (χ1n) is 7.59. The fourth-order valence-electron chi connectivity index (χ4n) is 2.81. The van der Waals surface area contributed by atoms with Crippen LogP contribution in [-0.4, -0.2) is 27.0 Å². The summed E-state index contributed by atoms with van der Waals surface area (Å²) in [7, 11) is -0.575. The molecule has 1 aliphatic rings. The number of hydrogen-bond donors (Lipinski definition) is 0. The standard InChI is InChI=1S/C17H26N2O2Si/c1-11-9-12(2)15-13(10-11)14(18-21-6)16(20)19(15)22(7,8)17(3,4)5/h9-10H,1-8H3/b18-14+. The molecule has 1 aromatic rings. The average molecular weight is 318 g/mol. The number of oxime groups is 1. The smallest absolute Gasteiger partial charge is 0.273 e. The van der Waals surface area contributed by atoms with Crippen LogP contribution in [0.4, 0.5) is 5.69 Å². The second kappa shape index (κ2) is 5.23. The minimum absolute atomic E-state index is 0.0304. The summed E-state index contributed by atoms with van der Waals surface area (Å²) in [6.45, 7) is 15.2. The number of anilines is 1. The topological polar surface area (TPSA) is 41.9 Å². The molecule has 0 spiro atoms. The first kappa shape index (κ1) is 16.7. The van der Waals surface area contributed by atoms with E-state index in [1.54, 1.807) is 0 Å². The van der Waals surface area contributed by atoms with Crippen LogP contribution in [0.25, 0.3) is 0 Å². The normalized spacial score (nSPS) is 17.2. The van der Waals surface area contributed by atoms with Crippen LogP contribution in [0, 0.1) is 13.8 Å². The quantitative estimate of drug-likeness (QED) is 0.611. The predicted molar refractivity (Wildman–Crippen MR) is 94.1 cm³/mol. The van der Waals surface area contributed by atoms with Crippen LogP contribution in [0.15, 0.2) is 17.3 Å². The minimum Gasteiger partial charge on any atom is -0.398 e. The minimum atomic E-state index is -2.06. The Balaban J connectivity index is 2.76. The van der Waals surface area contributed by atoms with Crippen molar-refractivity contribution in [2.75, 3.05) is 11.7 Å². The van der Waals surface area contributed by atoms with E-state index in [0.717, 1.165) is 22.4 Å². The maximum Gasteiger partial charge on any atom is 0.273 e. The van der Waals surface area contributed by atoms with E-state index < -0.39 is 8.24 Å².